The molecule has 1 saturated heterocycles. The molecule has 0 aliphatic carbocycles. The van der Waals surface area contributed by atoms with E-state index in [0.717, 1.165) is 41.3 Å². The molecule has 108 valence electrons. The molecule has 0 radical (unpaired) electrons. The van der Waals surface area contributed by atoms with Gasteiger partial charge in [0.2, 0.25) is 0 Å². The second kappa shape index (κ2) is 6.72. The summed E-state index contributed by atoms with van der Waals surface area (Å²) in [5, 5.41) is 4.49. The Labute approximate surface area is 127 Å². The molecular formula is C14H18ClN3OS. The first-order valence-corrected chi connectivity index (χ1v) is 8.11. The summed E-state index contributed by atoms with van der Waals surface area (Å²) in [5.74, 6) is 1.04. The van der Waals surface area contributed by atoms with E-state index in [9.17, 15) is 0 Å². The number of nitrogens with zero attached hydrogens (tertiary/aromatic N) is 2. The Bertz CT molecular complexity index is 522. The third-order valence-electron chi connectivity index (χ3n) is 3.59. The highest BCUT2D eigenvalue weighted by molar-refractivity contribution is 7.15. The normalized spacial score (nSPS) is 17.6. The summed E-state index contributed by atoms with van der Waals surface area (Å²) >= 11 is 7.42. The Kier molecular flexibility index (Phi) is 4.73. The number of hydrogen-bond donors (Lipinski definition) is 1. The monoisotopic (exact) mass is 311 g/mol. The van der Waals surface area contributed by atoms with Gasteiger partial charge in [0.05, 0.1) is 18.5 Å². The largest absolute Gasteiger partial charge is 0.468 e. The second-order valence-corrected chi connectivity index (χ2v) is 6.71. The first-order chi connectivity index (χ1) is 9.83. The number of halogens is 1. The predicted molar refractivity (Wildman–Crippen MR) is 81.1 cm³/mol. The number of thiazole rings is 1. The zero-order valence-corrected chi connectivity index (χ0v) is 12.8. The van der Waals surface area contributed by atoms with E-state index in [-0.39, 0.29) is 0 Å². The molecule has 1 aliphatic rings. The minimum atomic E-state index is 0.308. The maximum Gasteiger partial charge on any atom is 0.122 e. The molecule has 3 rings (SSSR count). The van der Waals surface area contributed by atoms with Gasteiger partial charge in [-0.3, -0.25) is 4.90 Å². The Morgan fingerprint density at radius 3 is 2.95 bits per heavy atom. The van der Waals surface area contributed by atoms with Gasteiger partial charge in [0.25, 0.3) is 0 Å². The highest BCUT2D eigenvalue weighted by atomic mass is 35.5. The van der Waals surface area contributed by atoms with Crippen LogP contribution in [-0.4, -0.2) is 29.5 Å². The van der Waals surface area contributed by atoms with Crippen LogP contribution in [0.4, 0.5) is 0 Å². The number of likely N-dealkylation sites (tertiary alicyclic amines) is 1. The zero-order valence-electron chi connectivity index (χ0n) is 11.2. The van der Waals surface area contributed by atoms with Crippen LogP contribution in [0.15, 0.2) is 29.0 Å². The minimum Gasteiger partial charge on any atom is -0.468 e. The van der Waals surface area contributed by atoms with E-state index in [0.29, 0.717) is 6.04 Å². The van der Waals surface area contributed by atoms with E-state index < -0.39 is 0 Å². The Hall–Kier alpha value is -0.880. The SMILES string of the molecule is Clc1cnc(CNCC(c2ccco2)N2CCCC2)s1. The van der Waals surface area contributed by atoms with Gasteiger partial charge in [-0.15, -0.1) is 11.3 Å². The van der Waals surface area contributed by atoms with Crippen LogP contribution in [0.25, 0.3) is 0 Å². The van der Waals surface area contributed by atoms with Gasteiger partial charge in [-0.1, -0.05) is 11.6 Å². The first kappa shape index (κ1) is 14.1. The van der Waals surface area contributed by atoms with Crippen LogP contribution in [0, 0.1) is 0 Å². The molecule has 0 spiro atoms. The van der Waals surface area contributed by atoms with Gasteiger partial charge in [0, 0.05) is 13.1 Å². The molecule has 20 heavy (non-hydrogen) atoms. The van der Waals surface area contributed by atoms with Crippen molar-refractivity contribution in [1.29, 1.82) is 0 Å². The van der Waals surface area contributed by atoms with Crippen molar-refractivity contribution in [3.8, 4) is 0 Å². The van der Waals surface area contributed by atoms with Crippen molar-refractivity contribution < 1.29 is 4.42 Å². The molecule has 6 heteroatoms. The van der Waals surface area contributed by atoms with E-state index in [4.69, 9.17) is 16.0 Å². The quantitative estimate of drug-likeness (QED) is 0.888. The molecule has 1 unspecified atom stereocenters. The van der Waals surface area contributed by atoms with Crippen molar-refractivity contribution in [3.05, 3.63) is 39.7 Å². The summed E-state index contributed by atoms with van der Waals surface area (Å²) in [4.78, 5) is 6.75. The lowest BCUT2D eigenvalue weighted by molar-refractivity contribution is 0.209. The van der Waals surface area contributed by atoms with Crippen LogP contribution < -0.4 is 5.32 Å². The number of aromatic nitrogens is 1. The van der Waals surface area contributed by atoms with Crippen molar-refractivity contribution in [2.45, 2.75) is 25.4 Å². The van der Waals surface area contributed by atoms with Crippen LogP contribution in [-0.2, 0) is 6.54 Å². The van der Waals surface area contributed by atoms with E-state index >= 15 is 0 Å². The molecule has 3 heterocycles. The van der Waals surface area contributed by atoms with Crippen molar-refractivity contribution in [2.75, 3.05) is 19.6 Å². The minimum absolute atomic E-state index is 0.308. The van der Waals surface area contributed by atoms with E-state index in [2.05, 4.69) is 21.3 Å². The molecule has 4 nitrogen and oxygen atoms in total. The average Bonchev–Trinajstić information content (AvgIpc) is 3.18. The second-order valence-electron chi connectivity index (χ2n) is 4.96. The molecule has 0 amide bonds. The maximum atomic E-state index is 5.89. The van der Waals surface area contributed by atoms with E-state index in [1.54, 1.807) is 12.5 Å². The lowest BCUT2D eigenvalue weighted by Crippen LogP contribution is -2.33. The van der Waals surface area contributed by atoms with Gasteiger partial charge in [-0.2, -0.15) is 0 Å². The molecule has 2 aromatic heterocycles. The topological polar surface area (TPSA) is 41.3 Å². The number of rotatable bonds is 6. The number of hydrogen-bond acceptors (Lipinski definition) is 5. The van der Waals surface area contributed by atoms with E-state index in [1.807, 2.05) is 6.07 Å². The van der Waals surface area contributed by atoms with E-state index in [1.165, 1.54) is 24.2 Å². The van der Waals surface area contributed by atoms with Crippen LogP contribution in [0.3, 0.4) is 0 Å². The number of furan rings is 1. The third-order valence-corrected chi connectivity index (χ3v) is 4.71. The van der Waals surface area contributed by atoms with Crippen molar-refractivity contribution in [2.24, 2.45) is 0 Å². The van der Waals surface area contributed by atoms with Crippen LogP contribution in [0.2, 0.25) is 4.34 Å². The molecule has 1 fully saturated rings. The molecule has 1 atom stereocenters. The molecule has 1 N–H and O–H groups in total. The van der Waals surface area contributed by atoms with Gasteiger partial charge in [0.1, 0.15) is 15.1 Å². The molecule has 0 aromatic carbocycles. The molecule has 2 aromatic rings. The summed E-state index contributed by atoms with van der Waals surface area (Å²) in [5.41, 5.74) is 0. The van der Waals surface area contributed by atoms with Gasteiger partial charge >= 0.3 is 0 Å². The molecule has 0 bridgehead atoms. The Morgan fingerprint density at radius 2 is 2.30 bits per heavy atom. The highest BCUT2D eigenvalue weighted by Gasteiger charge is 2.25. The van der Waals surface area contributed by atoms with Crippen molar-refractivity contribution in [3.63, 3.8) is 0 Å². The summed E-state index contributed by atoms with van der Waals surface area (Å²) < 4.78 is 6.34. The van der Waals surface area contributed by atoms with Gasteiger partial charge < -0.3 is 9.73 Å². The van der Waals surface area contributed by atoms with Gasteiger partial charge in [-0.05, 0) is 38.1 Å². The lowest BCUT2D eigenvalue weighted by atomic mass is 10.2. The number of nitrogens with one attached hydrogen (secondary N) is 1. The van der Waals surface area contributed by atoms with Crippen molar-refractivity contribution >= 4 is 22.9 Å². The predicted octanol–water partition coefficient (Wildman–Crippen LogP) is 3.32. The molecule has 0 saturated carbocycles. The first-order valence-electron chi connectivity index (χ1n) is 6.91. The van der Waals surface area contributed by atoms with Crippen LogP contribution >= 0.6 is 22.9 Å². The summed E-state index contributed by atoms with van der Waals surface area (Å²) in [6.45, 7) is 3.92. The molecule has 1 aliphatic heterocycles. The van der Waals surface area contributed by atoms with Gasteiger partial charge in [-0.25, -0.2) is 4.98 Å². The fourth-order valence-corrected chi connectivity index (χ4v) is 3.56. The van der Waals surface area contributed by atoms with Crippen LogP contribution in [0.5, 0.6) is 0 Å². The highest BCUT2D eigenvalue weighted by Crippen LogP contribution is 2.25. The average molecular weight is 312 g/mol. The van der Waals surface area contributed by atoms with Crippen molar-refractivity contribution in [1.82, 2.24) is 15.2 Å². The third kappa shape index (κ3) is 3.41. The summed E-state index contributed by atoms with van der Waals surface area (Å²) in [6, 6.07) is 4.33. The summed E-state index contributed by atoms with van der Waals surface area (Å²) in [6.07, 6.45) is 6.01. The Balaban J connectivity index is 1.58. The lowest BCUT2D eigenvalue weighted by Gasteiger charge is -2.25. The smallest absolute Gasteiger partial charge is 0.122 e. The van der Waals surface area contributed by atoms with Gasteiger partial charge in [0.15, 0.2) is 0 Å². The fourth-order valence-electron chi connectivity index (χ4n) is 2.63. The molecular weight excluding hydrogens is 294 g/mol. The fraction of sp³-hybridized carbons (Fsp3) is 0.500. The maximum absolute atomic E-state index is 5.89. The van der Waals surface area contributed by atoms with Crippen LogP contribution in [0.1, 0.15) is 29.7 Å². The standard InChI is InChI=1S/C14H18ClN3OS/c15-13-9-17-14(20-13)10-16-8-11(12-4-3-7-19-12)18-5-1-2-6-18/h3-4,7,9,11,16H,1-2,5-6,8,10H2. The zero-order chi connectivity index (χ0) is 13.8. The summed E-state index contributed by atoms with van der Waals surface area (Å²) in [7, 11) is 0. The Morgan fingerprint density at radius 1 is 1.45 bits per heavy atom.